The van der Waals surface area contributed by atoms with Crippen LogP contribution in [0.1, 0.15) is 52.9 Å². The standard InChI is InChI=1S/C18H19ClN2O3/c1-18(2,3)24-17(23)13-9-12(10-19)21-15(14(13)20)16(22)11-7-5-4-6-8-11/h4-9H,10,20H2,1-3H3. The van der Waals surface area contributed by atoms with E-state index in [0.29, 0.717) is 11.3 Å². The summed E-state index contributed by atoms with van der Waals surface area (Å²) in [7, 11) is 0. The van der Waals surface area contributed by atoms with E-state index < -0.39 is 11.6 Å². The number of nitrogens with zero attached hydrogens (tertiary/aromatic N) is 1. The molecule has 0 aliphatic rings. The number of rotatable bonds is 4. The van der Waals surface area contributed by atoms with Gasteiger partial charge in [0.2, 0.25) is 5.78 Å². The third kappa shape index (κ3) is 4.11. The molecule has 0 saturated heterocycles. The zero-order chi connectivity index (χ0) is 17.9. The van der Waals surface area contributed by atoms with Crippen LogP contribution in [0.4, 0.5) is 5.69 Å². The highest BCUT2D eigenvalue weighted by molar-refractivity contribution is 6.17. The quantitative estimate of drug-likeness (QED) is 0.519. The van der Waals surface area contributed by atoms with E-state index >= 15 is 0 Å². The number of carbonyl (C=O) groups excluding carboxylic acids is 2. The summed E-state index contributed by atoms with van der Waals surface area (Å²) in [4.78, 5) is 29.2. The van der Waals surface area contributed by atoms with E-state index in [-0.39, 0.29) is 28.6 Å². The number of hydrogen-bond donors (Lipinski definition) is 1. The molecule has 0 spiro atoms. The molecule has 0 amide bonds. The molecule has 0 unspecified atom stereocenters. The van der Waals surface area contributed by atoms with Gasteiger partial charge in [-0.15, -0.1) is 11.6 Å². The molecule has 5 nitrogen and oxygen atoms in total. The molecule has 126 valence electrons. The molecule has 2 N–H and O–H groups in total. The first-order valence-electron chi connectivity index (χ1n) is 7.41. The molecule has 0 fully saturated rings. The topological polar surface area (TPSA) is 82.3 Å². The molecule has 0 atom stereocenters. The van der Waals surface area contributed by atoms with Crippen molar-refractivity contribution >= 4 is 29.0 Å². The van der Waals surface area contributed by atoms with Crippen molar-refractivity contribution in [3.05, 3.63) is 58.9 Å². The summed E-state index contributed by atoms with van der Waals surface area (Å²) in [6.45, 7) is 5.25. The van der Waals surface area contributed by atoms with E-state index in [1.165, 1.54) is 6.07 Å². The largest absolute Gasteiger partial charge is 0.456 e. The number of benzene rings is 1. The fraction of sp³-hybridized carbons (Fsp3) is 0.278. The maximum Gasteiger partial charge on any atom is 0.340 e. The van der Waals surface area contributed by atoms with Crippen molar-refractivity contribution in [2.24, 2.45) is 0 Å². The Hall–Kier alpha value is -2.40. The zero-order valence-corrected chi connectivity index (χ0v) is 14.6. The number of ether oxygens (including phenoxy) is 1. The SMILES string of the molecule is CC(C)(C)OC(=O)c1cc(CCl)nc(C(=O)c2ccccc2)c1N. The summed E-state index contributed by atoms with van der Waals surface area (Å²) in [5.41, 5.74) is 6.25. The highest BCUT2D eigenvalue weighted by Crippen LogP contribution is 2.24. The fourth-order valence-corrected chi connectivity index (χ4v) is 2.21. The molecular weight excluding hydrogens is 328 g/mol. The number of ketones is 1. The second-order valence-corrected chi connectivity index (χ2v) is 6.52. The van der Waals surface area contributed by atoms with Gasteiger partial charge in [0.05, 0.1) is 22.8 Å². The molecule has 0 aliphatic heterocycles. The van der Waals surface area contributed by atoms with Gasteiger partial charge in [-0.25, -0.2) is 9.78 Å². The van der Waals surface area contributed by atoms with Crippen molar-refractivity contribution in [1.82, 2.24) is 4.98 Å². The van der Waals surface area contributed by atoms with Crippen molar-refractivity contribution < 1.29 is 14.3 Å². The predicted molar refractivity (Wildman–Crippen MR) is 93.2 cm³/mol. The Morgan fingerprint density at radius 3 is 2.38 bits per heavy atom. The number of anilines is 1. The first-order chi connectivity index (χ1) is 11.2. The zero-order valence-electron chi connectivity index (χ0n) is 13.8. The van der Waals surface area contributed by atoms with Crippen LogP contribution in [-0.4, -0.2) is 22.3 Å². The smallest absolute Gasteiger partial charge is 0.340 e. The maximum absolute atomic E-state index is 12.7. The van der Waals surface area contributed by atoms with Crippen LogP contribution in [0.15, 0.2) is 36.4 Å². The van der Waals surface area contributed by atoms with Gasteiger partial charge in [-0.1, -0.05) is 30.3 Å². The summed E-state index contributed by atoms with van der Waals surface area (Å²) >= 11 is 5.84. The summed E-state index contributed by atoms with van der Waals surface area (Å²) < 4.78 is 5.34. The normalized spacial score (nSPS) is 11.2. The predicted octanol–water partition coefficient (Wildman–Crippen LogP) is 3.59. The summed E-state index contributed by atoms with van der Waals surface area (Å²) in [6.07, 6.45) is 0. The third-order valence-corrected chi connectivity index (χ3v) is 3.39. The van der Waals surface area contributed by atoms with Crippen molar-refractivity contribution in [3.63, 3.8) is 0 Å². The summed E-state index contributed by atoms with van der Waals surface area (Å²) in [5, 5.41) is 0. The van der Waals surface area contributed by atoms with Gasteiger partial charge >= 0.3 is 5.97 Å². The third-order valence-electron chi connectivity index (χ3n) is 3.12. The lowest BCUT2D eigenvalue weighted by Gasteiger charge is -2.20. The molecule has 1 aromatic carbocycles. The number of nitrogens with two attached hydrogens (primary N) is 1. The van der Waals surface area contributed by atoms with E-state index in [9.17, 15) is 9.59 Å². The maximum atomic E-state index is 12.7. The molecule has 2 aromatic rings. The molecule has 6 heteroatoms. The minimum atomic E-state index is -0.683. The van der Waals surface area contributed by atoms with Crippen LogP contribution in [0.5, 0.6) is 0 Å². The Bertz CT molecular complexity index is 768. The van der Waals surface area contributed by atoms with Gasteiger partial charge in [0.15, 0.2) is 0 Å². The van der Waals surface area contributed by atoms with E-state index in [1.807, 2.05) is 0 Å². The Kier molecular flexibility index (Phi) is 5.24. The highest BCUT2D eigenvalue weighted by atomic mass is 35.5. The first-order valence-corrected chi connectivity index (χ1v) is 7.95. The summed E-state index contributed by atoms with van der Waals surface area (Å²) in [6, 6.07) is 10.0. The van der Waals surface area contributed by atoms with Gasteiger partial charge in [0, 0.05) is 5.56 Å². The molecule has 0 saturated carbocycles. The Morgan fingerprint density at radius 1 is 1.21 bits per heavy atom. The van der Waals surface area contributed by atoms with Crippen molar-refractivity contribution in [2.45, 2.75) is 32.3 Å². The van der Waals surface area contributed by atoms with Gasteiger partial charge in [-0.3, -0.25) is 4.79 Å². The number of halogens is 1. The second-order valence-electron chi connectivity index (χ2n) is 6.25. The summed E-state index contributed by atoms with van der Waals surface area (Å²) in [5.74, 6) is -0.939. The lowest BCUT2D eigenvalue weighted by Crippen LogP contribution is -2.25. The number of carbonyl (C=O) groups is 2. The van der Waals surface area contributed by atoms with Gasteiger partial charge in [0.1, 0.15) is 11.3 Å². The minimum Gasteiger partial charge on any atom is -0.456 e. The van der Waals surface area contributed by atoms with Crippen LogP contribution in [-0.2, 0) is 10.6 Å². The molecular formula is C18H19ClN2O3. The molecule has 0 radical (unpaired) electrons. The highest BCUT2D eigenvalue weighted by Gasteiger charge is 2.25. The van der Waals surface area contributed by atoms with Crippen LogP contribution in [0.3, 0.4) is 0 Å². The van der Waals surface area contributed by atoms with Gasteiger partial charge < -0.3 is 10.5 Å². The van der Waals surface area contributed by atoms with Gasteiger partial charge in [-0.05, 0) is 26.8 Å². The minimum absolute atomic E-state index is 0.000194. The number of aromatic nitrogens is 1. The Balaban J connectivity index is 2.52. The monoisotopic (exact) mass is 346 g/mol. The molecule has 2 rings (SSSR count). The van der Waals surface area contributed by atoms with Gasteiger partial charge in [0.25, 0.3) is 0 Å². The van der Waals surface area contributed by atoms with Crippen molar-refractivity contribution in [1.29, 1.82) is 0 Å². The molecule has 24 heavy (non-hydrogen) atoms. The number of pyridine rings is 1. The molecule has 0 bridgehead atoms. The van der Waals surface area contributed by atoms with Crippen LogP contribution < -0.4 is 5.73 Å². The van der Waals surface area contributed by atoms with E-state index in [2.05, 4.69) is 4.98 Å². The van der Waals surface area contributed by atoms with Crippen LogP contribution in [0.2, 0.25) is 0 Å². The van der Waals surface area contributed by atoms with Crippen LogP contribution in [0, 0.1) is 0 Å². The van der Waals surface area contributed by atoms with E-state index in [1.54, 1.807) is 51.1 Å². The average molecular weight is 347 g/mol. The van der Waals surface area contributed by atoms with Crippen molar-refractivity contribution in [2.75, 3.05) is 5.73 Å². The van der Waals surface area contributed by atoms with E-state index in [0.717, 1.165) is 0 Å². The number of alkyl halides is 1. The molecule has 0 aliphatic carbocycles. The average Bonchev–Trinajstić information content (AvgIpc) is 2.53. The number of hydrogen-bond acceptors (Lipinski definition) is 5. The van der Waals surface area contributed by atoms with Crippen LogP contribution in [0.25, 0.3) is 0 Å². The number of esters is 1. The molecule has 1 aromatic heterocycles. The second kappa shape index (κ2) is 7.01. The first kappa shape index (κ1) is 17.9. The van der Waals surface area contributed by atoms with Crippen LogP contribution >= 0.6 is 11.6 Å². The molecule has 1 heterocycles. The lowest BCUT2D eigenvalue weighted by atomic mass is 10.0. The van der Waals surface area contributed by atoms with Gasteiger partial charge in [-0.2, -0.15) is 0 Å². The fourth-order valence-electron chi connectivity index (χ4n) is 2.08. The Morgan fingerprint density at radius 2 is 1.83 bits per heavy atom. The van der Waals surface area contributed by atoms with Crippen molar-refractivity contribution in [3.8, 4) is 0 Å². The lowest BCUT2D eigenvalue weighted by molar-refractivity contribution is 0.00705. The number of nitrogen functional groups attached to an aromatic ring is 1. The van der Waals surface area contributed by atoms with E-state index in [4.69, 9.17) is 22.1 Å². The Labute approximate surface area is 145 Å².